The molecule has 0 bridgehead atoms. The molecule has 3 heterocycles. The Balaban J connectivity index is 2.30. The van der Waals surface area contributed by atoms with Crippen molar-refractivity contribution in [1.82, 2.24) is 14.5 Å². The Morgan fingerprint density at radius 1 is 1.38 bits per heavy atom. The van der Waals surface area contributed by atoms with Gasteiger partial charge in [-0.05, 0) is 6.07 Å². The number of rotatable bonds is 0. The van der Waals surface area contributed by atoms with Crippen LogP contribution in [0.15, 0.2) is 30.9 Å². The van der Waals surface area contributed by atoms with Crippen LogP contribution in [0.2, 0.25) is 0 Å². The van der Waals surface area contributed by atoms with Crippen molar-refractivity contribution in [3.8, 4) is 17.1 Å². The van der Waals surface area contributed by atoms with Gasteiger partial charge in [0.1, 0.15) is 11.6 Å². The SMILES string of the molecule is c1cc2c(cn1)-c1nccn1CO2. The van der Waals surface area contributed by atoms with Gasteiger partial charge in [-0.1, -0.05) is 0 Å². The molecule has 0 spiro atoms. The first kappa shape index (κ1) is 6.65. The van der Waals surface area contributed by atoms with Gasteiger partial charge in [0.2, 0.25) is 0 Å². The molecule has 0 aromatic carbocycles. The van der Waals surface area contributed by atoms with Gasteiger partial charge in [-0.3, -0.25) is 9.55 Å². The summed E-state index contributed by atoms with van der Waals surface area (Å²) in [5, 5.41) is 0. The predicted octanol–water partition coefficient (Wildman–Crippen LogP) is 1.29. The van der Waals surface area contributed by atoms with Crippen LogP contribution in [0.1, 0.15) is 0 Å². The molecule has 0 radical (unpaired) electrons. The Hall–Kier alpha value is -1.84. The molecule has 2 aromatic rings. The van der Waals surface area contributed by atoms with E-state index in [1.54, 1.807) is 18.6 Å². The molecule has 1 aliphatic heterocycles. The van der Waals surface area contributed by atoms with Crippen LogP contribution in [-0.2, 0) is 6.73 Å². The number of nitrogens with zero attached hydrogens (tertiary/aromatic N) is 3. The van der Waals surface area contributed by atoms with Crippen molar-refractivity contribution in [3.05, 3.63) is 30.9 Å². The van der Waals surface area contributed by atoms with E-state index in [9.17, 15) is 0 Å². The summed E-state index contributed by atoms with van der Waals surface area (Å²) in [6, 6.07) is 1.85. The highest BCUT2D eigenvalue weighted by atomic mass is 16.5. The van der Waals surface area contributed by atoms with E-state index >= 15 is 0 Å². The lowest BCUT2D eigenvalue weighted by Crippen LogP contribution is -2.12. The van der Waals surface area contributed by atoms with E-state index in [4.69, 9.17) is 4.74 Å². The summed E-state index contributed by atoms with van der Waals surface area (Å²) in [4.78, 5) is 8.28. The van der Waals surface area contributed by atoms with Crippen LogP contribution in [0.25, 0.3) is 11.4 Å². The molecule has 3 rings (SSSR count). The van der Waals surface area contributed by atoms with Gasteiger partial charge in [0.05, 0.1) is 5.56 Å². The highest BCUT2D eigenvalue weighted by Gasteiger charge is 2.16. The largest absolute Gasteiger partial charge is 0.472 e. The maximum Gasteiger partial charge on any atom is 0.166 e. The third-order valence-electron chi connectivity index (χ3n) is 2.10. The summed E-state index contributed by atoms with van der Waals surface area (Å²) in [5.74, 6) is 1.78. The second-order valence-corrected chi connectivity index (χ2v) is 2.87. The van der Waals surface area contributed by atoms with E-state index in [0.717, 1.165) is 17.1 Å². The zero-order chi connectivity index (χ0) is 8.67. The molecular formula is C9H7N3O. The number of aromatic nitrogens is 3. The molecule has 0 N–H and O–H groups in total. The second kappa shape index (κ2) is 2.32. The van der Waals surface area contributed by atoms with Crippen LogP contribution < -0.4 is 4.74 Å². The number of pyridine rings is 1. The zero-order valence-electron chi connectivity index (χ0n) is 6.84. The molecule has 2 aromatic heterocycles. The van der Waals surface area contributed by atoms with Gasteiger partial charge in [0.15, 0.2) is 6.73 Å². The molecule has 1 aliphatic rings. The number of hydrogen-bond acceptors (Lipinski definition) is 3. The smallest absolute Gasteiger partial charge is 0.166 e. The van der Waals surface area contributed by atoms with Crippen LogP contribution in [0.5, 0.6) is 5.75 Å². The number of ether oxygens (including phenoxy) is 1. The van der Waals surface area contributed by atoms with Crippen molar-refractivity contribution in [2.75, 3.05) is 0 Å². The van der Waals surface area contributed by atoms with Gasteiger partial charge < -0.3 is 4.74 Å². The zero-order valence-corrected chi connectivity index (χ0v) is 6.84. The van der Waals surface area contributed by atoms with Crippen molar-refractivity contribution in [2.24, 2.45) is 0 Å². The highest BCUT2D eigenvalue weighted by molar-refractivity contribution is 5.64. The van der Waals surface area contributed by atoms with Crippen molar-refractivity contribution in [1.29, 1.82) is 0 Å². The molecule has 13 heavy (non-hydrogen) atoms. The van der Waals surface area contributed by atoms with Gasteiger partial charge in [0.25, 0.3) is 0 Å². The standard InChI is InChI=1S/C9H7N3O/c1-2-10-5-7-8(1)13-6-12-4-3-11-9(7)12/h1-5H,6H2. The van der Waals surface area contributed by atoms with E-state index < -0.39 is 0 Å². The minimum Gasteiger partial charge on any atom is -0.472 e. The molecule has 0 saturated carbocycles. The summed E-state index contributed by atoms with van der Waals surface area (Å²) in [6.45, 7) is 0.534. The highest BCUT2D eigenvalue weighted by Crippen LogP contribution is 2.31. The van der Waals surface area contributed by atoms with Gasteiger partial charge >= 0.3 is 0 Å². The van der Waals surface area contributed by atoms with E-state index in [1.807, 2.05) is 16.8 Å². The molecule has 0 aliphatic carbocycles. The first-order valence-electron chi connectivity index (χ1n) is 4.03. The van der Waals surface area contributed by atoms with Crippen LogP contribution >= 0.6 is 0 Å². The Labute approximate surface area is 74.8 Å². The second-order valence-electron chi connectivity index (χ2n) is 2.87. The van der Waals surface area contributed by atoms with Crippen molar-refractivity contribution in [3.63, 3.8) is 0 Å². The Kier molecular flexibility index (Phi) is 1.19. The third-order valence-corrected chi connectivity index (χ3v) is 2.10. The van der Waals surface area contributed by atoms with E-state index in [-0.39, 0.29) is 0 Å². The van der Waals surface area contributed by atoms with Crippen LogP contribution in [0.4, 0.5) is 0 Å². The minimum atomic E-state index is 0.534. The molecule has 0 amide bonds. The molecular weight excluding hydrogens is 166 g/mol. The molecule has 0 unspecified atom stereocenters. The fraction of sp³-hybridized carbons (Fsp3) is 0.111. The molecule has 4 nitrogen and oxygen atoms in total. The van der Waals surface area contributed by atoms with Gasteiger partial charge in [-0.15, -0.1) is 0 Å². The summed E-state index contributed by atoms with van der Waals surface area (Å²) >= 11 is 0. The fourth-order valence-corrected chi connectivity index (χ4v) is 1.47. The monoisotopic (exact) mass is 173 g/mol. The number of imidazole rings is 1. The van der Waals surface area contributed by atoms with Crippen molar-refractivity contribution in [2.45, 2.75) is 6.73 Å². The minimum absolute atomic E-state index is 0.534. The Morgan fingerprint density at radius 2 is 2.38 bits per heavy atom. The molecule has 0 fully saturated rings. The van der Waals surface area contributed by atoms with E-state index in [2.05, 4.69) is 9.97 Å². The fourth-order valence-electron chi connectivity index (χ4n) is 1.47. The van der Waals surface area contributed by atoms with Crippen LogP contribution in [0.3, 0.4) is 0 Å². The first-order chi connectivity index (χ1) is 6.45. The molecule has 4 heteroatoms. The third kappa shape index (κ3) is 0.853. The van der Waals surface area contributed by atoms with Gasteiger partial charge in [-0.2, -0.15) is 0 Å². The van der Waals surface area contributed by atoms with Crippen molar-refractivity contribution < 1.29 is 4.74 Å². The topological polar surface area (TPSA) is 39.9 Å². The lowest BCUT2D eigenvalue weighted by molar-refractivity contribution is 0.229. The quantitative estimate of drug-likeness (QED) is 0.602. The number of hydrogen-bond donors (Lipinski definition) is 0. The van der Waals surface area contributed by atoms with Crippen LogP contribution in [-0.4, -0.2) is 14.5 Å². The van der Waals surface area contributed by atoms with Crippen LogP contribution in [0, 0.1) is 0 Å². The Morgan fingerprint density at radius 3 is 3.38 bits per heavy atom. The van der Waals surface area contributed by atoms with Gasteiger partial charge in [0, 0.05) is 24.8 Å². The average Bonchev–Trinajstić information content (AvgIpc) is 2.65. The normalized spacial score (nSPS) is 12.9. The lowest BCUT2D eigenvalue weighted by Gasteiger charge is -2.17. The Bertz CT molecular complexity index is 450. The predicted molar refractivity (Wildman–Crippen MR) is 46.1 cm³/mol. The van der Waals surface area contributed by atoms with E-state index in [0.29, 0.717) is 6.73 Å². The summed E-state index contributed by atoms with van der Waals surface area (Å²) in [5.41, 5.74) is 0.957. The summed E-state index contributed by atoms with van der Waals surface area (Å²) < 4.78 is 7.44. The maximum absolute atomic E-state index is 5.49. The lowest BCUT2D eigenvalue weighted by atomic mass is 10.2. The summed E-state index contributed by atoms with van der Waals surface area (Å²) in [7, 11) is 0. The van der Waals surface area contributed by atoms with Gasteiger partial charge in [-0.25, -0.2) is 4.98 Å². The summed E-state index contributed by atoms with van der Waals surface area (Å²) in [6.07, 6.45) is 7.15. The van der Waals surface area contributed by atoms with Crippen molar-refractivity contribution >= 4 is 0 Å². The molecule has 64 valence electrons. The number of fused-ring (bicyclic) bond motifs is 3. The molecule has 0 saturated heterocycles. The maximum atomic E-state index is 5.49. The average molecular weight is 173 g/mol. The first-order valence-corrected chi connectivity index (χ1v) is 4.03. The van der Waals surface area contributed by atoms with E-state index in [1.165, 1.54) is 0 Å². The molecule has 0 atom stereocenters.